The monoisotopic (exact) mass is 158 g/mol. The van der Waals surface area contributed by atoms with Gasteiger partial charge in [-0.1, -0.05) is 5.16 Å². The summed E-state index contributed by atoms with van der Waals surface area (Å²) in [7, 11) is 0. The highest BCUT2D eigenvalue weighted by Gasteiger charge is 1.96. The van der Waals surface area contributed by atoms with E-state index < -0.39 is 0 Å². The maximum atomic E-state index is 10.7. The van der Waals surface area contributed by atoms with Crippen LogP contribution in [0.25, 0.3) is 0 Å². The van der Waals surface area contributed by atoms with E-state index in [1.165, 1.54) is 0 Å². The van der Waals surface area contributed by atoms with Crippen LogP contribution < -0.4 is 5.32 Å². The van der Waals surface area contributed by atoms with Crippen LogP contribution in [-0.2, 0) is 9.63 Å². The van der Waals surface area contributed by atoms with Crippen LogP contribution in [0.2, 0.25) is 0 Å². The molecule has 1 amide bonds. The molecule has 0 aromatic rings. The first-order valence-corrected chi connectivity index (χ1v) is 3.56. The largest absolute Gasteiger partial charge is 0.386 e. The van der Waals surface area contributed by atoms with E-state index in [9.17, 15) is 4.79 Å². The van der Waals surface area contributed by atoms with Crippen molar-refractivity contribution < 1.29 is 9.63 Å². The summed E-state index contributed by atoms with van der Waals surface area (Å²) in [5.41, 5.74) is 0.800. The van der Waals surface area contributed by atoms with Crippen molar-refractivity contribution in [1.82, 2.24) is 5.32 Å². The third-order valence-corrected chi connectivity index (χ3v) is 0.817. The average molecular weight is 158 g/mol. The minimum absolute atomic E-state index is 0.000972. The summed E-state index contributed by atoms with van der Waals surface area (Å²) in [5.74, 6) is -0.141. The number of amides is 1. The first kappa shape index (κ1) is 9.94. The van der Waals surface area contributed by atoms with Crippen molar-refractivity contribution in [3.63, 3.8) is 0 Å². The highest BCUT2D eigenvalue weighted by atomic mass is 16.6. The predicted molar refractivity (Wildman–Crippen MR) is 43.4 cm³/mol. The second-order valence-electron chi connectivity index (χ2n) is 2.27. The highest BCUT2D eigenvalue weighted by molar-refractivity contribution is 5.79. The molecule has 0 aliphatic heterocycles. The first-order chi connectivity index (χ1) is 5.16. The van der Waals surface area contributed by atoms with Gasteiger partial charge in [0, 0.05) is 6.54 Å². The number of carbonyl (C=O) groups is 1. The fourth-order valence-corrected chi connectivity index (χ4v) is 0.468. The van der Waals surface area contributed by atoms with E-state index in [1.54, 1.807) is 13.8 Å². The number of rotatable bonds is 4. The van der Waals surface area contributed by atoms with Crippen LogP contribution in [0.4, 0.5) is 0 Å². The van der Waals surface area contributed by atoms with E-state index in [2.05, 4.69) is 15.3 Å². The molecule has 0 aliphatic rings. The van der Waals surface area contributed by atoms with Gasteiger partial charge in [0.1, 0.15) is 0 Å². The second kappa shape index (κ2) is 5.70. The van der Waals surface area contributed by atoms with Crippen molar-refractivity contribution in [2.45, 2.75) is 20.8 Å². The van der Waals surface area contributed by atoms with Crippen LogP contribution >= 0.6 is 0 Å². The Morgan fingerprint density at radius 1 is 1.55 bits per heavy atom. The molecule has 0 rings (SSSR count). The lowest BCUT2D eigenvalue weighted by Gasteiger charge is -1.99. The van der Waals surface area contributed by atoms with Gasteiger partial charge in [-0.15, -0.1) is 0 Å². The van der Waals surface area contributed by atoms with E-state index in [-0.39, 0.29) is 12.5 Å². The number of carbonyl (C=O) groups excluding carboxylic acids is 1. The molecule has 0 atom stereocenters. The molecule has 0 fully saturated rings. The number of likely N-dealkylation sites (N-methyl/N-ethyl adjacent to an activating group) is 1. The lowest BCUT2D eigenvalue weighted by molar-refractivity contribution is -0.125. The Labute approximate surface area is 66.6 Å². The first-order valence-electron chi connectivity index (χ1n) is 3.56. The number of hydrogen-bond donors (Lipinski definition) is 1. The van der Waals surface area contributed by atoms with Crippen molar-refractivity contribution in [3.05, 3.63) is 0 Å². The normalized spacial score (nSPS) is 8.64. The molecule has 0 aliphatic carbocycles. The van der Waals surface area contributed by atoms with E-state index in [0.717, 1.165) is 5.71 Å². The number of nitrogens with zero attached hydrogens (tertiary/aromatic N) is 1. The van der Waals surface area contributed by atoms with Crippen molar-refractivity contribution in [2.75, 3.05) is 13.2 Å². The second-order valence-corrected chi connectivity index (χ2v) is 2.27. The van der Waals surface area contributed by atoms with E-state index in [0.29, 0.717) is 6.54 Å². The van der Waals surface area contributed by atoms with Crippen LogP contribution in [0.1, 0.15) is 20.8 Å². The third-order valence-electron chi connectivity index (χ3n) is 0.817. The Hall–Kier alpha value is -1.06. The van der Waals surface area contributed by atoms with Crippen LogP contribution in [0.5, 0.6) is 0 Å². The van der Waals surface area contributed by atoms with Crippen LogP contribution in [0.3, 0.4) is 0 Å². The zero-order valence-electron chi connectivity index (χ0n) is 7.18. The van der Waals surface area contributed by atoms with Crippen LogP contribution in [0, 0.1) is 0 Å². The predicted octanol–water partition coefficient (Wildman–Crippen LogP) is 0.535. The maximum Gasteiger partial charge on any atom is 0.260 e. The maximum absolute atomic E-state index is 10.7. The van der Waals surface area contributed by atoms with Gasteiger partial charge >= 0.3 is 0 Å². The lowest BCUT2D eigenvalue weighted by Crippen LogP contribution is -2.26. The summed E-state index contributed by atoms with van der Waals surface area (Å²) in [6.45, 7) is 6.08. The summed E-state index contributed by atoms with van der Waals surface area (Å²) in [6, 6.07) is 0. The van der Waals surface area contributed by atoms with Gasteiger partial charge < -0.3 is 10.2 Å². The zero-order chi connectivity index (χ0) is 8.69. The number of hydrogen-bond acceptors (Lipinski definition) is 3. The quantitative estimate of drug-likeness (QED) is 0.479. The topological polar surface area (TPSA) is 50.7 Å². The minimum Gasteiger partial charge on any atom is -0.386 e. The molecule has 11 heavy (non-hydrogen) atoms. The molecule has 0 saturated carbocycles. The summed E-state index contributed by atoms with van der Waals surface area (Å²) in [5, 5.41) is 6.19. The fourth-order valence-electron chi connectivity index (χ4n) is 0.468. The molecule has 0 radical (unpaired) electrons. The number of oxime groups is 1. The molecule has 1 N–H and O–H groups in total. The molecular weight excluding hydrogens is 144 g/mol. The van der Waals surface area contributed by atoms with Crippen molar-refractivity contribution in [2.24, 2.45) is 5.16 Å². The SMILES string of the molecule is CCNC(=O)CON=C(C)C. The molecule has 0 spiro atoms. The molecule has 64 valence electrons. The summed E-state index contributed by atoms with van der Waals surface area (Å²) in [4.78, 5) is 15.4. The van der Waals surface area contributed by atoms with Gasteiger partial charge in [0.05, 0.1) is 5.71 Å². The van der Waals surface area contributed by atoms with Gasteiger partial charge in [0.25, 0.3) is 5.91 Å². The third kappa shape index (κ3) is 6.83. The lowest BCUT2D eigenvalue weighted by atomic mass is 10.5. The molecule has 0 bridgehead atoms. The summed E-state index contributed by atoms with van der Waals surface area (Å²) >= 11 is 0. The van der Waals surface area contributed by atoms with Crippen LogP contribution in [-0.4, -0.2) is 24.8 Å². The Bertz CT molecular complexity index is 151. The average Bonchev–Trinajstić information content (AvgIpc) is 1.87. The number of nitrogens with one attached hydrogen (secondary N) is 1. The smallest absolute Gasteiger partial charge is 0.260 e. The van der Waals surface area contributed by atoms with Crippen LogP contribution in [0.15, 0.2) is 5.16 Å². The fraction of sp³-hybridized carbons (Fsp3) is 0.714. The van der Waals surface area contributed by atoms with E-state index in [4.69, 9.17) is 0 Å². The van der Waals surface area contributed by atoms with Crippen molar-refractivity contribution in [3.8, 4) is 0 Å². The molecule has 0 aromatic heterocycles. The molecule has 4 nitrogen and oxygen atoms in total. The van der Waals surface area contributed by atoms with E-state index in [1.807, 2.05) is 6.92 Å². The van der Waals surface area contributed by atoms with Gasteiger partial charge in [-0.25, -0.2) is 0 Å². The Kier molecular flexibility index (Phi) is 5.15. The summed E-state index contributed by atoms with van der Waals surface area (Å²) in [6.07, 6.45) is 0. The van der Waals surface area contributed by atoms with Gasteiger partial charge in [0.15, 0.2) is 6.61 Å². The van der Waals surface area contributed by atoms with Gasteiger partial charge in [0.2, 0.25) is 0 Å². The molecule has 0 saturated heterocycles. The molecule has 0 heterocycles. The van der Waals surface area contributed by atoms with E-state index >= 15 is 0 Å². The Morgan fingerprint density at radius 2 is 2.18 bits per heavy atom. The van der Waals surface area contributed by atoms with Gasteiger partial charge in [-0.05, 0) is 20.8 Å². The van der Waals surface area contributed by atoms with Gasteiger partial charge in [-0.2, -0.15) is 0 Å². The molecular formula is C7H14N2O2. The van der Waals surface area contributed by atoms with Crippen molar-refractivity contribution >= 4 is 11.6 Å². The van der Waals surface area contributed by atoms with Gasteiger partial charge in [-0.3, -0.25) is 4.79 Å². The Balaban J connectivity index is 3.39. The molecule has 0 unspecified atom stereocenters. The molecule has 4 heteroatoms. The van der Waals surface area contributed by atoms with Crippen molar-refractivity contribution in [1.29, 1.82) is 0 Å². The molecule has 0 aromatic carbocycles. The minimum atomic E-state index is -0.141. The highest BCUT2D eigenvalue weighted by Crippen LogP contribution is 1.79. The zero-order valence-corrected chi connectivity index (χ0v) is 7.18. The standard InChI is InChI=1S/C7H14N2O2/c1-4-8-7(10)5-11-9-6(2)3/h4-5H2,1-3H3,(H,8,10). The Morgan fingerprint density at radius 3 is 2.64 bits per heavy atom. The summed E-state index contributed by atoms with van der Waals surface area (Å²) < 4.78 is 0.